The summed E-state index contributed by atoms with van der Waals surface area (Å²) in [5.74, 6) is -1.01. The van der Waals surface area contributed by atoms with Gasteiger partial charge in [0.15, 0.2) is 0 Å². The summed E-state index contributed by atoms with van der Waals surface area (Å²) in [6, 6.07) is 0. The molecule has 15 heteroatoms. The SMILES string of the molecule is C=C(C)C(=O)OCCNC(=O)OCC(CSCCC(=O)OCCOCCOCC)OC(=O)NCCOC(=O)C(=C)C. The Morgan fingerprint density at radius 3 is 1.88 bits per heavy atom. The van der Waals surface area contributed by atoms with Crippen molar-refractivity contribution in [2.75, 3.05) is 77.5 Å². The van der Waals surface area contributed by atoms with E-state index in [1.807, 2.05) is 6.92 Å². The summed E-state index contributed by atoms with van der Waals surface area (Å²) in [4.78, 5) is 58.8. The third-order valence-corrected chi connectivity index (χ3v) is 5.50. The summed E-state index contributed by atoms with van der Waals surface area (Å²) in [5, 5.41) is 4.83. The average molecular weight is 607 g/mol. The molecule has 0 aliphatic carbocycles. The molecule has 0 aromatic rings. The van der Waals surface area contributed by atoms with Gasteiger partial charge in [-0.25, -0.2) is 19.2 Å². The number of carbonyl (C=O) groups excluding carboxylic acids is 5. The number of nitrogens with one attached hydrogen (secondary N) is 2. The van der Waals surface area contributed by atoms with Gasteiger partial charge in [0.25, 0.3) is 0 Å². The molecule has 1 unspecified atom stereocenters. The van der Waals surface area contributed by atoms with Crippen molar-refractivity contribution >= 4 is 41.9 Å². The topological polar surface area (TPSA) is 174 Å². The second-order valence-corrected chi connectivity index (χ2v) is 9.32. The molecule has 14 nitrogen and oxygen atoms in total. The highest BCUT2D eigenvalue weighted by Gasteiger charge is 2.18. The molecule has 0 rings (SSSR count). The van der Waals surface area contributed by atoms with Crippen molar-refractivity contribution in [3.63, 3.8) is 0 Å². The Bertz CT molecular complexity index is 852. The molecule has 0 bridgehead atoms. The number of hydrogen-bond donors (Lipinski definition) is 2. The summed E-state index contributed by atoms with van der Waals surface area (Å²) >= 11 is 1.29. The Labute approximate surface area is 244 Å². The second-order valence-electron chi connectivity index (χ2n) is 8.17. The third-order valence-electron chi connectivity index (χ3n) is 4.40. The largest absolute Gasteiger partial charge is 0.463 e. The van der Waals surface area contributed by atoms with Crippen LogP contribution in [-0.4, -0.2) is 114 Å². The molecule has 0 saturated heterocycles. The predicted octanol–water partition coefficient (Wildman–Crippen LogP) is 1.77. The first-order chi connectivity index (χ1) is 19.6. The first-order valence-corrected chi connectivity index (χ1v) is 14.1. The molecule has 41 heavy (non-hydrogen) atoms. The lowest BCUT2D eigenvalue weighted by Crippen LogP contribution is -2.37. The van der Waals surface area contributed by atoms with Crippen LogP contribution in [0.4, 0.5) is 9.59 Å². The zero-order valence-electron chi connectivity index (χ0n) is 24.0. The maximum Gasteiger partial charge on any atom is 0.407 e. The van der Waals surface area contributed by atoms with Gasteiger partial charge in [-0.1, -0.05) is 13.2 Å². The van der Waals surface area contributed by atoms with Gasteiger partial charge in [0.05, 0.1) is 39.3 Å². The normalized spacial score (nSPS) is 11.0. The molecular weight excluding hydrogens is 564 g/mol. The van der Waals surface area contributed by atoms with Crippen molar-refractivity contribution in [3.8, 4) is 0 Å². The Hall–Kier alpha value is -3.30. The first kappa shape index (κ1) is 37.7. The summed E-state index contributed by atoms with van der Waals surface area (Å²) in [7, 11) is 0. The van der Waals surface area contributed by atoms with Crippen LogP contribution in [0, 0.1) is 0 Å². The van der Waals surface area contributed by atoms with Crippen molar-refractivity contribution in [1.82, 2.24) is 10.6 Å². The summed E-state index contributed by atoms with van der Waals surface area (Å²) < 4.78 is 35.7. The fourth-order valence-corrected chi connectivity index (χ4v) is 3.29. The molecule has 2 N–H and O–H groups in total. The molecule has 2 amide bonds. The van der Waals surface area contributed by atoms with E-state index in [0.29, 0.717) is 25.6 Å². The predicted molar refractivity (Wildman–Crippen MR) is 149 cm³/mol. The molecule has 234 valence electrons. The molecule has 0 fully saturated rings. The molecule has 0 aliphatic rings. The van der Waals surface area contributed by atoms with Crippen LogP contribution in [0.25, 0.3) is 0 Å². The highest BCUT2D eigenvalue weighted by molar-refractivity contribution is 7.99. The van der Waals surface area contributed by atoms with E-state index in [2.05, 4.69) is 23.8 Å². The highest BCUT2D eigenvalue weighted by atomic mass is 32.2. The van der Waals surface area contributed by atoms with Gasteiger partial charge in [0, 0.05) is 29.3 Å². The molecule has 0 heterocycles. The van der Waals surface area contributed by atoms with Crippen LogP contribution in [0.1, 0.15) is 27.2 Å². The van der Waals surface area contributed by atoms with Crippen LogP contribution in [0.2, 0.25) is 0 Å². The Morgan fingerprint density at radius 1 is 0.732 bits per heavy atom. The monoisotopic (exact) mass is 606 g/mol. The van der Waals surface area contributed by atoms with Crippen LogP contribution in [0.3, 0.4) is 0 Å². The van der Waals surface area contributed by atoms with E-state index in [9.17, 15) is 24.0 Å². The average Bonchev–Trinajstić information content (AvgIpc) is 2.93. The Morgan fingerprint density at radius 2 is 1.29 bits per heavy atom. The smallest absolute Gasteiger partial charge is 0.407 e. The van der Waals surface area contributed by atoms with Crippen molar-refractivity contribution in [3.05, 3.63) is 24.3 Å². The minimum absolute atomic E-state index is 0.00118. The molecule has 0 aliphatic heterocycles. The zero-order chi connectivity index (χ0) is 30.9. The van der Waals surface area contributed by atoms with Gasteiger partial charge in [-0.3, -0.25) is 4.79 Å². The van der Waals surface area contributed by atoms with Crippen LogP contribution in [0.5, 0.6) is 0 Å². The highest BCUT2D eigenvalue weighted by Crippen LogP contribution is 2.10. The van der Waals surface area contributed by atoms with E-state index >= 15 is 0 Å². The molecule has 0 aromatic heterocycles. The van der Waals surface area contributed by atoms with Gasteiger partial charge in [-0.15, -0.1) is 0 Å². The maximum atomic E-state index is 12.2. The van der Waals surface area contributed by atoms with Crippen LogP contribution >= 0.6 is 11.8 Å². The van der Waals surface area contributed by atoms with E-state index in [1.165, 1.54) is 25.6 Å². The van der Waals surface area contributed by atoms with Gasteiger partial charge in [0.1, 0.15) is 32.5 Å². The molecular formula is C26H42N2O12S. The van der Waals surface area contributed by atoms with Gasteiger partial charge >= 0.3 is 30.1 Å². The second kappa shape index (κ2) is 24.5. The summed E-state index contributed by atoms with van der Waals surface area (Å²) in [6.45, 7) is 13.2. The quantitative estimate of drug-likeness (QED) is 0.0746. The van der Waals surface area contributed by atoms with E-state index in [1.54, 1.807) is 0 Å². The number of rotatable bonds is 23. The number of ether oxygens (including phenoxy) is 7. The lowest BCUT2D eigenvalue weighted by Gasteiger charge is -2.18. The molecule has 1 atom stereocenters. The number of thioether (sulfide) groups is 1. The van der Waals surface area contributed by atoms with E-state index < -0.39 is 36.2 Å². The van der Waals surface area contributed by atoms with Crippen molar-refractivity contribution < 1.29 is 57.1 Å². The summed E-state index contributed by atoms with van der Waals surface area (Å²) in [6.07, 6.45) is -2.38. The number of amides is 2. The lowest BCUT2D eigenvalue weighted by molar-refractivity contribution is -0.145. The first-order valence-electron chi connectivity index (χ1n) is 13.0. The maximum absolute atomic E-state index is 12.2. The van der Waals surface area contributed by atoms with Gasteiger partial charge in [0.2, 0.25) is 0 Å². The number of alkyl carbamates (subject to hydrolysis) is 2. The molecule has 0 spiro atoms. The number of carbonyl (C=O) groups is 5. The standard InChI is InChI=1S/C26H42N2O12S/c1-6-34-12-13-35-14-15-36-22(29)7-16-41-18-21(40-26(33)28-9-11-38-24(31)20(4)5)17-39-25(32)27-8-10-37-23(30)19(2)3/h21H,2,4,6-18H2,1,3,5H3,(H,27,32)(H,28,33). The van der Waals surface area contributed by atoms with Crippen LogP contribution < -0.4 is 10.6 Å². The third kappa shape index (κ3) is 23.1. The number of hydrogen-bond acceptors (Lipinski definition) is 13. The summed E-state index contributed by atoms with van der Waals surface area (Å²) in [5.41, 5.74) is 0.455. The minimum Gasteiger partial charge on any atom is -0.463 e. The van der Waals surface area contributed by atoms with Crippen molar-refractivity contribution in [2.24, 2.45) is 0 Å². The van der Waals surface area contributed by atoms with Gasteiger partial charge < -0.3 is 43.8 Å². The Kier molecular flexibility index (Phi) is 22.5. The van der Waals surface area contributed by atoms with Crippen molar-refractivity contribution in [2.45, 2.75) is 33.3 Å². The van der Waals surface area contributed by atoms with E-state index in [4.69, 9.17) is 33.2 Å². The van der Waals surface area contributed by atoms with Crippen LogP contribution in [-0.2, 0) is 47.5 Å². The molecule has 0 radical (unpaired) electrons. The van der Waals surface area contributed by atoms with E-state index in [-0.39, 0.29) is 69.4 Å². The fraction of sp³-hybridized carbons (Fsp3) is 0.654. The molecule has 0 aromatic carbocycles. The van der Waals surface area contributed by atoms with Gasteiger partial charge in [-0.05, 0) is 20.8 Å². The zero-order valence-corrected chi connectivity index (χ0v) is 24.8. The van der Waals surface area contributed by atoms with E-state index in [0.717, 1.165) is 0 Å². The Balaban J connectivity index is 4.48. The molecule has 0 saturated carbocycles. The minimum atomic E-state index is -0.861. The number of esters is 3. The van der Waals surface area contributed by atoms with Gasteiger partial charge in [-0.2, -0.15) is 11.8 Å². The van der Waals surface area contributed by atoms with Crippen molar-refractivity contribution in [1.29, 1.82) is 0 Å². The van der Waals surface area contributed by atoms with Crippen LogP contribution in [0.15, 0.2) is 24.3 Å². The lowest BCUT2D eigenvalue weighted by atomic mass is 10.4. The fourth-order valence-electron chi connectivity index (χ4n) is 2.39.